The van der Waals surface area contributed by atoms with Gasteiger partial charge < -0.3 is 16.2 Å². The Balaban J connectivity index is 2.32. The number of nitrogens with zero attached hydrogens (tertiary/aromatic N) is 1. The van der Waals surface area contributed by atoms with Crippen molar-refractivity contribution >= 4 is 23.4 Å². The van der Waals surface area contributed by atoms with E-state index < -0.39 is 5.97 Å². The summed E-state index contributed by atoms with van der Waals surface area (Å²) in [7, 11) is 0. The molecule has 0 aromatic heterocycles. The standard InChI is InChI=1S/C11H13N3O3/c12-8-6-7(10(15)16)2-3-9(8)14-5-1-4-13-11(14)17/h2-3,6H,1,4-5,12H2,(H,13,17)(H,15,16). The largest absolute Gasteiger partial charge is 0.478 e. The van der Waals surface area contributed by atoms with Crippen LogP contribution in [0, 0.1) is 0 Å². The molecule has 1 heterocycles. The zero-order chi connectivity index (χ0) is 12.4. The minimum absolute atomic E-state index is 0.115. The predicted octanol–water partition coefficient (Wildman–Crippen LogP) is 0.887. The van der Waals surface area contributed by atoms with Crippen molar-refractivity contribution < 1.29 is 14.7 Å². The molecule has 6 heteroatoms. The van der Waals surface area contributed by atoms with Crippen LogP contribution in [0.2, 0.25) is 0 Å². The number of nitrogens with two attached hydrogens (primary N) is 1. The maximum Gasteiger partial charge on any atom is 0.335 e. The molecule has 0 spiro atoms. The van der Waals surface area contributed by atoms with Crippen molar-refractivity contribution in [3.05, 3.63) is 23.8 Å². The van der Waals surface area contributed by atoms with Gasteiger partial charge in [-0.15, -0.1) is 0 Å². The molecule has 0 radical (unpaired) electrons. The molecular weight excluding hydrogens is 222 g/mol. The van der Waals surface area contributed by atoms with Gasteiger partial charge in [0.2, 0.25) is 0 Å². The molecule has 1 saturated heterocycles. The topological polar surface area (TPSA) is 95.7 Å². The quantitative estimate of drug-likeness (QED) is 0.663. The Hall–Kier alpha value is -2.24. The van der Waals surface area contributed by atoms with Gasteiger partial charge in [0.15, 0.2) is 0 Å². The van der Waals surface area contributed by atoms with Crippen LogP contribution in [0.4, 0.5) is 16.2 Å². The molecule has 0 bridgehead atoms. The number of carbonyl (C=O) groups excluding carboxylic acids is 1. The number of benzene rings is 1. The molecular formula is C11H13N3O3. The number of anilines is 2. The Morgan fingerprint density at radius 3 is 2.82 bits per heavy atom. The molecule has 1 aliphatic heterocycles. The summed E-state index contributed by atoms with van der Waals surface area (Å²) in [5.41, 5.74) is 6.72. The highest BCUT2D eigenvalue weighted by Gasteiger charge is 2.21. The number of nitrogens with one attached hydrogen (secondary N) is 1. The first kappa shape index (κ1) is 11.3. The van der Waals surface area contributed by atoms with Crippen LogP contribution < -0.4 is 16.0 Å². The van der Waals surface area contributed by atoms with Crippen LogP contribution in [0.25, 0.3) is 0 Å². The number of rotatable bonds is 2. The highest BCUT2D eigenvalue weighted by atomic mass is 16.4. The van der Waals surface area contributed by atoms with Gasteiger partial charge in [-0.25, -0.2) is 9.59 Å². The minimum Gasteiger partial charge on any atom is -0.478 e. The fourth-order valence-electron chi connectivity index (χ4n) is 1.79. The number of urea groups is 1. The lowest BCUT2D eigenvalue weighted by atomic mass is 10.1. The Morgan fingerprint density at radius 2 is 2.24 bits per heavy atom. The molecule has 1 aromatic carbocycles. The van der Waals surface area contributed by atoms with Crippen molar-refractivity contribution in [1.29, 1.82) is 0 Å². The van der Waals surface area contributed by atoms with Crippen LogP contribution in [0.3, 0.4) is 0 Å². The summed E-state index contributed by atoms with van der Waals surface area (Å²) in [4.78, 5) is 23.9. The monoisotopic (exact) mass is 235 g/mol. The SMILES string of the molecule is Nc1cc(C(=O)O)ccc1N1CCCNC1=O. The second-order valence-corrected chi connectivity index (χ2v) is 3.82. The van der Waals surface area contributed by atoms with Gasteiger partial charge in [0.1, 0.15) is 0 Å². The molecule has 0 saturated carbocycles. The smallest absolute Gasteiger partial charge is 0.335 e. The average Bonchev–Trinajstić information content (AvgIpc) is 2.30. The third kappa shape index (κ3) is 2.15. The first-order valence-electron chi connectivity index (χ1n) is 5.28. The molecule has 90 valence electrons. The number of carboxylic acid groups (broad SMARTS) is 1. The van der Waals surface area contributed by atoms with Crippen molar-refractivity contribution in [3.63, 3.8) is 0 Å². The van der Waals surface area contributed by atoms with E-state index in [1.54, 1.807) is 6.07 Å². The molecule has 4 N–H and O–H groups in total. The van der Waals surface area contributed by atoms with Crippen molar-refractivity contribution in [2.75, 3.05) is 23.7 Å². The molecule has 6 nitrogen and oxygen atoms in total. The first-order chi connectivity index (χ1) is 8.09. The van der Waals surface area contributed by atoms with Gasteiger partial charge in [0.05, 0.1) is 16.9 Å². The van der Waals surface area contributed by atoms with Crippen LogP contribution in [0.15, 0.2) is 18.2 Å². The number of carboxylic acids is 1. The number of carbonyl (C=O) groups is 2. The Kier molecular flexibility index (Phi) is 2.86. The van der Waals surface area contributed by atoms with Gasteiger partial charge in [0.25, 0.3) is 0 Å². The first-order valence-corrected chi connectivity index (χ1v) is 5.28. The fourth-order valence-corrected chi connectivity index (χ4v) is 1.79. The van der Waals surface area contributed by atoms with Crippen molar-refractivity contribution in [3.8, 4) is 0 Å². The van der Waals surface area contributed by atoms with Gasteiger partial charge in [0, 0.05) is 13.1 Å². The summed E-state index contributed by atoms with van der Waals surface area (Å²) < 4.78 is 0. The molecule has 1 fully saturated rings. The zero-order valence-electron chi connectivity index (χ0n) is 9.14. The third-order valence-electron chi connectivity index (χ3n) is 2.65. The van der Waals surface area contributed by atoms with Crippen LogP contribution in [-0.2, 0) is 0 Å². The molecule has 0 aliphatic carbocycles. The minimum atomic E-state index is -1.04. The van der Waals surface area contributed by atoms with Crippen LogP contribution in [0.5, 0.6) is 0 Å². The van der Waals surface area contributed by atoms with Crippen LogP contribution in [0.1, 0.15) is 16.8 Å². The second kappa shape index (κ2) is 4.32. The number of hydrogen-bond acceptors (Lipinski definition) is 3. The van der Waals surface area contributed by atoms with E-state index >= 15 is 0 Å². The van der Waals surface area contributed by atoms with E-state index in [1.165, 1.54) is 17.0 Å². The van der Waals surface area contributed by atoms with E-state index in [-0.39, 0.29) is 11.6 Å². The Morgan fingerprint density at radius 1 is 1.47 bits per heavy atom. The van der Waals surface area contributed by atoms with Gasteiger partial charge in [-0.3, -0.25) is 4.90 Å². The van der Waals surface area contributed by atoms with E-state index in [1.807, 2.05) is 0 Å². The molecule has 1 aromatic rings. The lowest BCUT2D eigenvalue weighted by molar-refractivity contribution is 0.0697. The molecule has 2 rings (SSSR count). The Bertz CT molecular complexity index is 473. The summed E-state index contributed by atoms with van der Waals surface area (Å²) in [6.07, 6.45) is 0.839. The summed E-state index contributed by atoms with van der Waals surface area (Å²) in [6.45, 7) is 1.24. The normalized spacial score (nSPS) is 15.5. The number of amides is 2. The number of nitrogen functional groups attached to an aromatic ring is 1. The van der Waals surface area contributed by atoms with E-state index in [0.29, 0.717) is 24.5 Å². The molecule has 0 unspecified atom stereocenters. The summed E-state index contributed by atoms with van der Waals surface area (Å²) in [6, 6.07) is 4.16. The maximum atomic E-state index is 11.6. The van der Waals surface area contributed by atoms with Gasteiger partial charge >= 0.3 is 12.0 Å². The van der Waals surface area contributed by atoms with E-state index in [9.17, 15) is 9.59 Å². The van der Waals surface area contributed by atoms with E-state index in [4.69, 9.17) is 10.8 Å². The van der Waals surface area contributed by atoms with Crippen LogP contribution in [-0.4, -0.2) is 30.2 Å². The lowest BCUT2D eigenvalue weighted by Crippen LogP contribution is -2.46. The molecule has 1 aliphatic rings. The van der Waals surface area contributed by atoms with Gasteiger partial charge in [-0.2, -0.15) is 0 Å². The van der Waals surface area contributed by atoms with Crippen molar-refractivity contribution in [1.82, 2.24) is 5.32 Å². The van der Waals surface area contributed by atoms with E-state index in [2.05, 4.69) is 5.32 Å². The van der Waals surface area contributed by atoms with E-state index in [0.717, 1.165) is 6.42 Å². The fraction of sp³-hybridized carbons (Fsp3) is 0.273. The zero-order valence-corrected chi connectivity index (χ0v) is 9.14. The molecule has 2 amide bonds. The van der Waals surface area contributed by atoms with Gasteiger partial charge in [-0.05, 0) is 24.6 Å². The predicted molar refractivity (Wildman–Crippen MR) is 63.2 cm³/mol. The summed E-state index contributed by atoms with van der Waals surface area (Å²) in [5.74, 6) is -1.04. The Labute approximate surface area is 98.0 Å². The highest BCUT2D eigenvalue weighted by molar-refractivity contribution is 5.97. The van der Waals surface area contributed by atoms with Gasteiger partial charge in [-0.1, -0.05) is 0 Å². The molecule has 17 heavy (non-hydrogen) atoms. The summed E-state index contributed by atoms with van der Waals surface area (Å²) >= 11 is 0. The van der Waals surface area contributed by atoms with Crippen LogP contribution >= 0.6 is 0 Å². The van der Waals surface area contributed by atoms with Crippen molar-refractivity contribution in [2.24, 2.45) is 0 Å². The lowest BCUT2D eigenvalue weighted by Gasteiger charge is -2.28. The summed E-state index contributed by atoms with van der Waals surface area (Å²) in [5, 5.41) is 11.5. The second-order valence-electron chi connectivity index (χ2n) is 3.82. The number of hydrogen-bond donors (Lipinski definition) is 3. The molecule has 0 atom stereocenters. The average molecular weight is 235 g/mol. The third-order valence-corrected chi connectivity index (χ3v) is 2.65. The highest BCUT2D eigenvalue weighted by Crippen LogP contribution is 2.25. The number of aromatic carboxylic acids is 1. The van der Waals surface area contributed by atoms with Crippen molar-refractivity contribution in [2.45, 2.75) is 6.42 Å². The maximum absolute atomic E-state index is 11.6.